The summed E-state index contributed by atoms with van der Waals surface area (Å²) in [4.78, 5) is 15.1. The maximum absolute atomic E-state index is 13.0. The number of alkyl halides is 6. The van der Waals surface area contributed by atoms with Gasteiger partial charge in [0.2, 0.25) is 0 Å². The van der Waals surface area contributed by atoms with Gasteiger partial charge in [-0.2, -0.15) is 13.2 Å². The van der Waals surface area contributed by atoms with Gasteiger partial charge < -0.3 is 9.47 Å². The number of Topliss-reactive ketones (excluding diaryl/α,β-unsaturated/α-hetero) is 1. The molecule has 0 atom stereocenters. The Bertz CT molecular complexity index is 996. The van der Waals surface area contributed by atoms with Crippen molar-refractivity contribution in [1.82, 2.24) is 4.90 Å². The minimum atomic E-state index is -4.75. The molecule has 0 spiro atoms. The molecular formula is C30H41F6NO3. The predicted octanol–water partition coefficient (Wildman–Crippen LogP) is 8.83. The number of para-hydroxylation sites is 1. The molecule has 0 amide bonds. The van der Waals surface area contributed by atoms with Crippen LogP contribution in [-0.2, 0) is 16.4 Å². The molecule has 0 N–H and O–H groups in total. The first kappa shape index (κ1) is 35.3. The summed E-state index contributed by atoms with van der Waals surface area (Å²) < 4.78 is 82.9. The first-order valence-corrected chi connectivity index (χ1v) is 13.8. The van der Waals surface area contributed by atoms with E-state index in [0.717, 1.165) is 44.5 Å². The normalized spacial score (nSPS) is 16.4. The first-order valence-electron chi connectivity index (χ1n) is 13.8. The number of rotatable bonds is 6. The molecule has 0 aromatic heterocycles. The SMILES string of the molecule is CC.CC.COc1ccc(C(F)(F)F)cc1.O=C(CN1CCCCC1)C1(c2ccccc2OC(F)(F)F)CCC1. The molecule has 0 bridgehead atoms. The summed E-state index contributed by atoms with van der Waals surface area (Å²) in [7, 11) is 1.41. The zero-order valence-electron chi connectivity index (χ0n) is 23.9. The largest absolute Gasteiger partial charge is 0.573 e. The number of hydrogen-bond donors (Lipinski definition) is 0. The van der Waals surface area contributed by atoms with Crippen LogP contribution in [0.15, 0.2) is 48.5 Å². The van der Waals surface area contributed by atoms with Crippen LogP contribution in [0.2, 0.25) is 0 Å². The van der Waals surface area contributed by atoms with Gasteiger partial charge in [-0.25, -0.2) is 0 Å². The van der Waals surface area contributed by atoms with E-state index in [1.807, 2.05) is 27.7 Å². The Morgan fingerprint density at radius 1 is 0.825 bits per heavy atom. The third kappa shape index (κ3) is 10.3. The lowest BCUT2D eigenvalue weighted by Crippen LogP contribution is -2.48. The quantitative estimate of drug-likeness (QED) is 0.322. The molecule has 10 heteroatoms. The summed E-state index contributed by atoms with van der Waals surface area (Å²) in [5.41, 5.74) is -1.10. The molecule has 1 aliphatic heterocycles. The highest BCUT2D eigenvalue weighted by Gasteiger charge is 2.48. The topological polar surface area (TPSA) is 38.8 Å². The molecule has 40 heavy (non-hydrogen) atoms. The minimum absolute atomic E-state index is 0.0221. The molecule has 4 rings (SSSR count). The van der Waals surface area contributed by atoms with Crippen LogP contribution in [0.1, 0.15) is 77.3 Å². The van der Waals surface area contributed by atoms with Crippen LogP contribution in [0.25, 0.3) is 0 Å². The van der Waals surface area contributed by atoms with E-state index in [1.165, 1.54) is 37.8 Å². The van der Waals surface area contributed by atoms with E-state index in [2.05, 4.69) is 9.64 Å². The van der Waals surface area contributed by atoms with Crippen LogP contribution in [0.3, 0.4) is 0 Å². The Labute approximate surface area is 233 Å². The van der Waals surface area contributed by atoms with Crippen molar-refractivity contribution in [2.24, 2.45) is 0 Å². The van der Waals surface area contributed by atoms with Gasteiger partial charge in [0, 0.05) is 5.56 Å². The molecule has 0 unspecified atom stereocenters. The van der Waals surface area contributed by atoms with Gasteiger partial charge in [0.25, 0.3) is 0 Å². The highest BCUT2D eigenvalue weighted by Crippen LogP contribution is 2.48. The van der Waals surface area contributed by atoms with Crippen molar-refractivity contribution >= 4 is 5.78 Å². The summed E-state index contributed by atoms with van der Waals surface area (Å²) in [6.07, 6.45) is -3.65. The molecule has 4 nitrogen and oxygen atoms in total. The molecular weight excluding hydrogens is 536 g/mol. The number of likely N-dealkylation sites (tertiary alicyclic amines) is 1. The van der Waals surface area contributed by atoms with Gasteiger partial charge in [-0.3, -0.25) is 9.69 Å². The average Bonchev–Trinajstić information content (AvgIpc) is 2.91. The van der Waals surface area contributed by atoms with E-state index < -0.39 is 23.5 Å². The lowest BCUT2D eigenvalue weighted by atomic mass is 9.61. The molecule has 2 fully saturated rings. The van der Waals surface area contributed by atoms with Crippen molar-refractivity contribution < 1.29 is 40.6 Å². The van der Waals surface area contributed by atoms with Gasteiger partial charge in [0.1, 0.15) is 11.5 Å². The number of halogens is 6. The van der Waals surface area contributed by atoms with Crippen LogP contribution in [-0.4, -0.2) is 43.8 Å². The molecule has 2 aromatic carbocycles. The van der Waals surface area contributed by atoms with Crippen molar-refractivity contribution in [1.29, 1.82) is 0 Å². The van der Waals surface area contributed by atoms with E-state index >= 15 is 0 Å². The second-order valence-corrected chi connectivity index (χ2v) is 8.97. The van der Waals surface area contributed by atoms with Crippen LogP contribution in [0, 0.1) is 0 Å². The van der Waals surface area contributed by atoms with Gasteiger partial charge in [-0.15, -0.1) is 13.2 Å². The second-order valence-electron chi connectivity index (χ2n) is 8.97. The van der Waals surface area contributed by atoms with E-state index in [4.69, 9.17) is 4.74 Å². The van der Waals surface area contributed by atoms with E-state index in [9.17, 15) is 31.1 Å². The smallest absolute Gasteiger partial charge is 0.497 e. The Morgan fingerprint density at radius 3 is 1.82 bits per heavy atom. The van der Waals surface area contributed by atoms with E-state index in [1.54, 1.807) is 12.1 Å². The summed E-state index contributed by atoms with van der Waals surface area (Å²) in [5, 5.41) is 0. The number of carbonyl (C=O) groups is 1. The minimum Gasteiger partial charge on any atom is -0.497 e. The van der Waals surface area contributed by atoms with Crippen molar-refractivity contribution in [3.8, 4) is 11.5 Å². The Balaban J connectivity index is 0.000000421. The zero-order chi connectivity index (χ0) is 30.4. The number of benzene rings is 2. The lowest BCUT2D eigenvalue weighted by molar-refractivity contribution is -0.275. The van der Waals surface area contributed by atoms with E-state index in [0.29, 0.717) is 30.7 Å². The van der Waals surface area contributed by atoms with Crippen molar-refractivity contribution in [2.45, 2.75) is 84.2 Å². The summed E-state index contributed by atoms with van der Waals surface area (Å²) in [6.45, 7) is 10.1. The van der Waals surface area contributed by atoms with Crippen molar-refractivity contribution in [2.75, 3.05) is 26.7 Å². The maximum atomic E-state index is 13.0. The number of hydrogen-bond acceptors (Lipinski definition) is 4. The average molecular weight is 578 g/mol. The van der Waals surface area contributed by atoms with Gasteiger partial charge >= 0.3 is 12.5 Å². The van der Waals surface area contributed by atoms with Crippen LogP contribution >= 0.6 is 0 Å². The number of ketones is 1. The fourth-order valence-electron chi connectivity index (χ4n) is 4.56. The summed E-state index contributed by atoms with van der Waals surface area (Å²) in [6, 6.07) is 10.6. The molecule has 0 radical (unpaired) electrons. The highest BCUT2D eigenvalue weighted by atomic mass is 19.4. The molecule has 1 saturated heterocycles. The van der Waals surface area contributed by atoms with Crippen LogP contribution in [0.5, 0.6) is 11.5 Å². The number of nitrogens with zero attached hydrogens (tertiary/aromatic N) is 1. The summed E-state index contributed by atoms with van der Waals surface area (Å²) >= 11 is 0. The Morgan fingerprint density at radius 2 is 1.38 bits per heavy atom. The summed E-state index contributed by atoms with van der Waals surface area (Å²) in [5.74, 6) is 0.202. The van der Waals surface area contributed by atoms with Gasteiger partial charge in [0.15, 0.2) is 5.78 Å². The zero-order valence-corrected chi connectivity index (χ0v) is 23.9. The van der Waals surface area contributed by atoms with Gasteiger partial charge in [0.05, 0.1) is 24.6 Å². The molecule has 1 saturated carbocycles. The van der Waals surface area contributed by atoms with Crippen molar-refractivity contribution in [3.05, 3.63) is 59.7 Å². The highest BCUT2D eigenvalue weighted by molar-refractivity contribution is 5.93. The molecule has 1 aliphatic carbocycles. The maximum Gasteiger partial charge on any atom is 0.573 e. The third-order valence-electron chi connectivity index (χ3n) is 6.60. The standard InChI is InChI=1S/C18H22F3NO2.C8H7F3O.2C2H6/c19-18(20,21)24-15-8-3-2-7-14(15)17(9-6-10-17)16(23)13-22-11-4-1-5-12-22;1-12-7-4-2-6(3-5-7)8(9,10)11;2*1-2/h2-3,7-8H,1,4-6,9-13H2;2-5H,1H3;2*1-2H3. The van der Waals surface area contributed by atoms with Gasteiger partial charge in [-0.05, 0) is 69.1 Å². The van der Waals surface area contributed by atoms with Crippen LogP contribution in [0.4, 0.5) is 26.3 Å². The lowest BCUT2D eigenvalue weighted by Gasteiger charge is -2.43. The number of ether oxygens (including phenoxy) is 2. The molecule has 2 aliphatic rings. The number of piperidine rings is 1. The second kappa shape index (κ2) is 16.5. The first-order chi connectivity index (χ1) is 18.9. The third-order valence-corrected chi connectivity index (χ3v) is 6.60. The van der Waals surface area contributed by atoms with Gasteiger partial charge in [-0.1, -0.05) is 58.7 Å². The predicted molar refractivity (Wildman–Crippen MR) is 145 cm³/mol. The Hall–Kier alpha value is -2.75. The number of carbonyl (C=O) groups excluding carboxylic acids is 1. The molecule has 2 aromatic rings. The molecule has 1 heterocycles. The van der Waals surface area contributed by atoms with E-state index in [-0.39, 0.29) is 11.5 Å². The fourth-order valence-corrected chi connectivity index (χ4v) is 4.56. The van der Waals surface area contributed by atoms with Crippen LogP contribution < -0.4 is 9.47 Å². The molecule has 226 valence electrons. The monoisotopic (exact) mass is 577 g/mol. The van der Waals surface area contributed by atoms with Crippen molar-refractivity contribution in [3.63, 3.8) is 0 Å². The number of methoxy groups -OCH3 is 1. The Kier molecular flexibility index (Phi) is 14.6. The fraction of sp³-hybridized carbons (Fsp3) is 0.567.